The molecule has 62 valence electrons. The maximum Gasteiger partial charge on any atom is 0.235 e. The van der Waals surface area contributed by atoms with Gasteiger partial charge < -0.3 is 0 Å². The zero-order chi connectivity index (χ0) is 8.97. The molecule has 0 spiro atoms. The molecule has 0 heterocycles. The lowest BCUT2D eigenvalue weighted by atomic mass is 10.2. The van der Waals surface area contributed by atoms with Crippen molar-refractivity contribution in [3.05, 3.63) is 50.6 Å². The summed E-state index contributed by atoms with van der Waals surface area (Å²) in [5.74, 6) is 0. The average Bonchev–Trinajstić information content (AvgIpc) is 2.03. The van der Waals surface area contributed by atoms with Gasteiger partial charge in [0.25, 0.3) is 0 Å². The van der Waals surface area contributed by atoms with E-state index in [2.05, 4.69) is 15.9 Å². The molecular weight excluding hydrogens is 222 g/mol. The van der Waals surface area contributed by atoms with Crippen molar-refractivity contribution >= 4 is 22.0 Å². The lowest BCUT2D eigenvalue weighted by Gasteiger charge is -1.93. The summed E-state index contributed by atoms with van der Waals surface area (Å²) in [7, 11) is 0. The SMILES string of the molecule is O=[N+]([O-])/C=C/c1ccccc1Br. The van der Waals surface area contributed by atoms with Gasteiger partial charge in [0.05, 0.1) is 4.92 Å². The lowest BCUT2D eigenvalue weighted by Crippen LogP contribution is -1.82. The second-order valence-corrected chi connectivity index (χ2v) is 2.98. The summed E-state index contributed by atoms with van der Waals surface area (Å²) in [5, 5.41) is 9.99. The van der Waals surface area contributed by atoms with Gasteiger partial charge in [0.1, 0.15) is 0 Å². The lowest BCUT2D eigenvalue weighted by molar-refractivity contribution is -0.400. The molecule has 1 aromatic rings. The maximum atomic E-state index is 9.99. The van der Waals surface area contributed by atoms with Crippen LogP contribution < -0.4 is 0 Å². The number of hydrogen-bond acceptors (Lipinski definition) is 2. The Labute approximate surface area is 78.0 Å². The molecule has 0 atom stereocenters. The minimum atomic E-state index is -0.487. The zero-order valence-electron chi connectivity index (χ0n) is 6.11. The Hall–Kier alpha value is -1.16. The molecule has 12 heavy (non-hydrogen) atoms. The normalized spacial score (nSPS) is 10.4. The van der Waals surface area contributed by atoms with Crippen molar-refractivity contribution in [1.29, 1.82) is 0 Å². The van der Waals surface area contributed by atoms with E-state index in [1.54, 1.807) is 6.07 Å². The van der Waals surface area contributed by atoms with E-state index in [1.807, 2.05) is 18.2 Å². The first-order chi connectivity index (χ1) is 5.70. The number of benzene rings is 1. The summed E-state index contributed by atoms with van der Waals surface area (Å²) in [6.45, 7) is 0. The van der Waals surface area contributed by atoms with Gasteiger partial charge in [0, 0.05) is 10.5 Å². The molecule has 3 nitrogen and oxygen atoms in total. The van der Waals surface area contributed by atoms with E-state index in [1.165, 1.54) is 6.08 Å². The first kappa shape index (κ1) is 8.93. The van der Waals surface area contributed by atoms with Crippen molar-refractivity contribution < 1.29 is 4.92 Å². The Balaban J connectivity index is 2.89. The van der Waals surface area contributed by atoms with Crippen molar-refractivity contribution in [2.45, 2.75) is 0 Å². The fourth-order valence-corrected chi connectivity index (χ4v) is 1.17. The van der Waals surface area contributed by atoms with Crippen molar-refractivity contribution in [3.63, 3.8) is 0 Å². The molecule has 0 radical (unpaired) electrons. The predicted octanol–water partition coefficient (Wildman–Crippen LogP) is 2.70. The van der Waals surface area contributed by atoms with Crippen molar-refractivity contribution in [2.75, 3.05) is 0 Å². The molecule has 1 aromatic carbocycles. The van der Waals surface area contributed by atoms with Gasteiger partial charge in [-0.2, -0.15) is 0 Å². The van der Waals surface area contributed by atoms with E-state index < -0.39 is 4.92 Å². The van der Waals surface area contributed by atoms with Crippen LogP contribution in [0.1, 0.15) is 5.56 Å². The van der Waals surface area contributed by atoms with E-state index >= 15 is 0 Å². The number of rotatable bonds is 2. The summed E-state index contributed by atoms with van der Waals surface area (Å²) in [6, 6.07) is 7.31. The summed E-state index contributed by atoms with van der Waals surface area (Å²) in [5.41, 5.74) is 0.800. The van der Waals surface area contributed by atoms with E-state index in [0.717, 1.165) is 16.2 Å². The van der Waals surface area contributed by atoms with Crippen molar-refractivity contribution in [1.82, 2.24) is 0 Å². The highest BCUT2D eigenvalue weighted by molar-refractivity contribution is 9.10. The standard InChI is InChI=1S/C8H6BrNO2/c9-8-4-2-1-3-7(8)5-6-10(11)12/h1-6H/b6-5+. The minimum Gasteiger partial charge on any atom is -0.259 e. The van der Waals surface area contributed by atoms with Gasteiger partial charge in [-0.1, -0.05) is 34.1 Å². The molecule has 0 amide bonds. The Kier molecular flexibility index (Phi) is 2.99. The molecule has 0 aliphatic rings. The zero-order valence-corrected chi connectivity index (χ0v) is 7.69. The van der Waals surface area contributed by atoms with E-state index in [4.69, 9.17) is 0 Å². The highest BCUT2D eigenvalue weighted by atomic mass is 79.9. The van der Waals surface area contributed by atoms with E-state index in [0.29, 0.717) is 0 Å². The molecule has 0 saturated carbocycles. The van der Waals surface area contributed by atoms with Gasteiger partial charge >= 0.3 is 0 Å². The van der Waals surface area contributed by atoms with E-state index in [-0.39, 0.29) is 0 Å². The largest absolute Gasteiger partial charge is 0.259 e. The summed E-state index contributed by atoms with van der Waals surface area (Å²) in [6.07, 6.45) is 2.37. The van der Waals surface area contributed by atoms with E-state index in [9.17, 15) is 10.1 Å². The molecular formula is C8H6BrNO2. The Morgan fingerprint density at radius 2 is 2.08 bits per heavy atom. The van der Waals surface area contributed by atoms with Crippen molar-refractivity contribution in [2.24, 2.45) is 0 Å². The molecule has 0 saturated heterocycles. The summed E-state index contributed by atoms with van der Waals surface area (Å²) >= 11 is 3.27. The summed E-state index contributed by atoms with van der Waals surface area (Å²) in [4.78, 5) is 9.50. The van der Waals surface area contributed by atoms with Crippen LogP contribution in [-0.2, 0) is 0 Å². The van der Waals surface area contributed by atoms with Gasteiger partial charge in [0.2, 0.25) is 6.20 Å². The first-order valence-electron chi connectivity index (χ1n) is 3.26. The van der Waals surface area contributed by atoms with Gasteiger partial charge in [-0.25, -0.2) is 0 Å². The first-order valence-corrected chi connectivity index (χ1v) is 4.05. The highest BCUT2D eigenvalue weighted by Crippen LogP contribution is 2.16. The molecule has 0 fully saturated rings. The molecule has 0 bridgehead atoms. The van der Waals surface area contributed by atoms with Crippen LogP contribution in [0.25, 0.3) is 6.08 Å². The molecule has 0 N–H and O–H groups in total. The summed E-state index contributed by atoms with van der Waals surface area (Å²) < 4.78 is 0.850. The smallest absolute Gasteiger partial charge is 0.235 e. The third kappa shape index (κ3) is 2.47. The molecule has 4 heteroatoms. The number of hydrogen-bond donors (Lipinski definition) is 0. The highest BCUT2D eigenvalue weighted by Gasteiger charge is 1.94. The molecule has 0 aromatic heterocycles. The average molecular weight is 228 g/mol. The van der Waals surface area contributed by atoms with Crippen LogP contribution in [0.5, 0.6) is 0 Å². The predicted molar refractivity (Wildman–Crippen MR) is 50.2 cm³/mol. The Morgan fingerprint density at radius 1 is 1.42 bits per heavy atom. The quantitative estimate of drug-likeness (QED) is 0.576. The topological polar surface area (TPSA) is 43.1 Å². The van der Waals surface area contributed by atoms with Crippen LogP contribution in [-0.4, -0.2) is 4.92 Å². The van der Waals surface area contributed by atoms with Crippen LogP contribution >= 0.6 is 15.9 Å². The number of halogens is 1. The van der Waals surface area contributed by atoms with Gasteiger partial charge in [0.15, 0.2) is 0 Å². The van der Waals surface area contributed by atoms with Crippen LogP contribution in [0.4, 0.5) is 0 Å². The van der Waals surface area contributed by atoms with Crippen molar-refractivity contribution in [3.8, 4) is 0 Å². The van der Waals surface area contributed by atoms with Crippen LogP contribution in [0.15, 0.2) is 34.9 Å². The minimum absolute atomic E-state index is 0.487. The van der Waals surface area contributed by atoms with Gasteiger partial charge in [-0.3, -0.25) is 10.1 Å². The molecule has 0 aliphatic heterocycles. The van der Waals surface area contributed by atoms with Gasteiger partial charge in [-0.05, 0) is 11.6 Å². The maximum absolute atomic E-state index is 9.99. The van der Waals surface area contributed by atoms with Gasteiger partial charge in [-0.15, -0.1) is 0 Å². The fourth-order valence-electron chi connectivity index (χ4n) is 0.751. The third-order valence-corrected chi connectivity index (χ3v) is 2.00. The Bertz CT molecular complexity index is 323. The molecule has 1 rings (SSSR count). The second-order valence-electron chi connectivity index (χ2n) is 2.12. The number of nitro groups is 1. The monoisotopic (exact) mass is 227 g/mol. The van der Waals surface area contributed by atoms with Crippen LogP contribution in [0, 0.1) is 10.1 Å². The van der Waals surface area contributed by atoms with Crippen LogP contribution in [0.3, 0.4) is 0 Å². The second kappa shape index (κ2) is 4.01. The Morgan fingerprint density at radius 3 is 2.67 bits per heavy atom. The molecule has 0 unspecified atom stereocenters. The number of nitrogens with zero attached hydrogens (tertiary/aromatic N) is 1. The fraction of sp³-hybridized carbons (Fsp3) is 0. The molecule has 0 aliphatic carbocycles. The third-order valence-electron chi connectivity index (χ3n) is 1.28. The van der Waals surface area contributed by atoms with Crippen LogP contribution in [0.2, 0.25) is 0 Å².